The van der Waals surface area contributed by atoms with Crippen molar-refractivity contribution in [2.24, 2.45) is 0 Å². The fraction of sp³-hybridized carbons (Fsp3) is 0.409. The molecule has 0 fully saturated rings. The van der Waals surface area contributed by atoms with Gasteiger partial charge < -0.3 is 6.16 Å². The third kappa shape index (κ3) is 5.47. The van der Waals surface area contributed by atoms with Gasteiger partial charge >= 0.3 is 18.9 Å². The Morgan fingerprint density at radius 3 is 2.31 bits per heavy atom. The van der Waals surface area contributed by atoms with Gasteiger partial charge in [-0.3, -0.25) is 4.79 Å². The third-order valence-corrected chi connectivity index (χ3v) is 6.10. The van der Waals surface area contributed by atoms with Gasteiger partial charge in [0.1, 0.15) is 5.75 Å². The number of carbonyl (C=O) groups is 1. The maximum Gasteiger partial charge on any atom is 1.00 e. The molecule has 0 saturated carbocycles. The van der Waals surface area contributed by atoms with Gasteiger partial charge in [0.15, 0.2) is 5.52 Å². The Balaban J connectivity index is 0.00000338. The van der Waals surface area contributed by atoms with Gasteiger partial charge in [0, 0.05) is 5.56 Å². The van der Waals surface area contributed by atoms with E-state index in [0.717, 1.165) is 52.8 Å². The fourth-order valence-electron chi connectivity index (χ4n) is 3.02. The van der Waals surface area contributed by atoms with E-state index in [0.29, 0.717) is 0 Å². The summed E-state index contributed by atoms with van der Waals surface area (Å²) in [5, 5.41) is 1.10. The molecule has 0 aliphatic heterocycles. The first kappa shape index (κ1) is 23.0. The van der Waals surface area contributed by atoms with Crippen LogP contribution in [0.5, 0.6) is 5.75 Å². The summed E-state index contributed by atoms with van der Waals surface area (Å²) in [7, 11) is 0.145. The molecule has 0 radical (unpaired) electrons. The smallest absolute Gasteiger partial charge is 1.00 e. The van der Waals surface area contributed by atoms with Gasteiger partial charge in [0.05, 0.1) is 6.61 Å². The van der Waals surface area contributed by atoms with Gasteiger partial charge in [0.25, 0.3) is 0 Å². The molecule has 2 nitrogen and oxygen atoms in total. The van der Waals surface area contributed by atoms with Crippen molar-refractivity contribution >= 4 is 19.4 Å². The third-order valence-electron chi connectivity index (χ3n) is 4.80. The molecule has 0 saturated heterocycles. The largest absolute Gasteiger partial charge is 1.00 e. The Kier molecular flexibility index (Phi) is 9.12. The zero-order valence-electron chi connectivity index (χ0n) is 18.2. The van der Waals surface area contributed by atoms with Crippen LogP contribution in [-0.4, -0.2) is 12.1 Å². The Labute approximate surface area is 173 Å². The van der Waals surface area contributed by atoms with E-state index in [2.05, 4.69) is 40.7 Å². The molecule has 4 heteroatoms. The molecular weight excluding hydrogens is 334 g/mol. The summed E-state index contributed by atoms with van der Waals surface area (Å²) >= 11 is 0. The molecule has 2 aromatic carbocycles. The second kappa shape index (κ2) is 10.3. The molecule has 2 rings (SSSR count). The summed E-state index contributed by atoms with van der Waals surface area (Å²) in [6.07, 6.45) is 2.19. The van der Waals surface area contributed by atoms with Crippen molar-refractivity contribution in [1.82, 2.24) is 0 Å². The van der Waals surface area contributed by atoms with E-state index in [1.54, 1.807) is 0 Å². The summed E-state index contributed by atoms with van der Waals surface area (Å²) < 4.78 is 5.76. The second-order valence-corrected chi connectivity index (χ2v) is 8.01. The number of rotatable bonds is 7. The van der Waals surface area contributed by atoms with Crippen LogP contribution in [-0.2, 0) is 0 Å². The molecule has 0 heterocycles. The molecule has 26 heavy (non-hydrogen) atoms. The van der Waals surface area contributed by atoms with E-state index in [-0.39, 0.29) is 34.4 Å². The molecule has 0 aliphatic rings. The van der Waals surface area contributed by atoms with E-state index in [9.17, 15) is 4.79 Å². The SMILES string of the molecule is CCCCOc1ccc(PC(=O)c2c(C)cc(C)c(C)c2C)c(C)c1.[H-].[Li+]. The van der Waals surface area contributed by atoms with Crippen molar-refractivity contribution in [2.75, 3.05) is 6.61 Å². The minimum atomic E-state index is 0. The Bertz CT molecular complexity index is 790. The average molecular weight is 364 g/mol. The van der Waals surface area contributed by atoms with E-state index in [1.807, 2.05) is 25.1 Å². The first-order valence-corrected chi connectivity index (χ1v) is 9.97. The van der Waals surface area contributed by atoms with Crippen LogP contribution in [0.4, 0.5) is 0 Å². The van der Waals surface area contributed by atoms with Gasteiger partial charge in [0.2, 0.25) is 0 Å². The molecule has 136 valence electrons. The Hall–Kier alpha value is -1.06. The summed E-state index contributed by atoms with van der Waals surface area (Å²) in [5.41, 5.74) is 6.90. The number of carbonyl (C=O) groups excluding carboxylic acids is 1. The minimum Gasteiger partial charge on any atom is -1.00 e. The van der Waals surface area contributed by atoms with Crippen molar-refractivity contribution in [3.05, 3.63) is 57.6 Å². The standard InChI is InChI=1S/C22H29O2P.Li.H/c1-7-8-11-24-19-9-10-20(15(3)13-19)25-22(23)21-16(4)12-14(2)17(5)18(21)6;;/h9-10,12-13,25H,7-8,11H2,1-6H3;;/q;+1;-1. The zero-order valence-corrected chi connectivity index (χ0v) is 18.2. The van der Waals surface area contributed by atoms with Crippen molar-refractivity contribution in [3.8, 4) is 5.75 Å². The normalized spacial score (nSPS) is 10.8. The zero-order chi connectivity index (χ0) is 18.6. The number of unbranched alkanes of at least 4 members (excludes halogenated alkanes) is 1. The van der Waals surface area contributed by atoms with Crippen LogP contribution >= 0.6 is 8.58 Å². The number of benzene rings is 2. The number of hydrogen-bond donors (Lipinski definition) is 0. The van der Waals surface area contributed by atoms with Gasteiger partial charge in [-0.1, -0.05) is 25.5 Å². The monoisotopic (exact) mass is 364 g/mol. The van der Waals surface area contributed by atoms with Gasteiger partial charge in [-0.25, -0.2) is 0 Å². The first-order valence-electron chi connectivity index (χ1n) is 8.97. The van der Waals surface area contributed by atoms with Gasteiger partial charge in [-0.15, -0.1) is 0 Å². The van der Waals surface area contributed by atoms with Crippen LogP contribution in [0.3, 0.4) is 0 Å². The quantitative estimate of drug-likeness (QED) is 0.429. The molecular formula is C22H30LiO2P. The molecule has 1 atom stereocenters. The van der Waals surface area contributed by atoms with Crippen LogP contribution < -0.4 is 28.9 Å². The van der Waals surface area contributed by atoms with Crippen molar-refractivity contribution < 1.29 is 29.8 Å². The van der Waals surface area contributed by atoms with E-state index < -0.39 is 0 Å². The molecule has 2 aromatic rings. The fourth-order valence-corrected chi connectivity index (χ4v) is 4.21. The Morgan fingerprint density at radius 2 is 1.69 bits per heavy atom. The van der Waals surface area contributed by atoms with Gasteiger partial charge in [-0.05, 0) is 94.9 Å². The molecule has 1 unspecified atom stereocenters. The van der Waals surface area contributed by atoms with Crippen LogP contribution in [0.25, 0.3) is 0 Å². The number of aryl methyl sites for hydroxylation is 3. The summed E-state index contributed by atoms with van der Waals surface area (Å²) in [6, 6.07) is 8.19. The minimum absolute atomic E-state index is 0. The first-order chi connectivity index (χ1) is 11.8. The maximum absolute atomic E-state index is 12.9. The summed E-state index contributed by atoms with van der Waals surface area (Å²) in [6.45, 7) is 13.3. The molecule has 0 bridgehead atoms. The topological polar surface area (TPSA) is 26.3 Å². The predicted octanol–water partition coefficient (Wildman–Crippen LogP) is 2.67. The van der Waals surface area contributed by atoms with Crippen molar-refractivity contribution in [1.29, 1.82) is 0 Å². The van der Waals surface area contributed by atoms with E-state index in [1.165, 1.54) is 11.1 Å². The number of hydrogen-bond acceptors (Lipinski definition) is 2. The van der Waals surface area contributed by atoms with Crippen LogP contribution in [0.1, 0.15) is 59.4 Å². The molecule has 0 aromatic heterocycles. The van der Waals surface area contributed by atoms with E-state index in [4.69, 9.17) is 4.74 Å². The average Bonchev–Trinajstić information content (AvgIpc) is 2.55. The van der Waals surface area contributed by atoms with Crippen LogP contribution in [0, 0.1) is 34.6 Å². The molecule has 0 aliphatic carbocycles. The molecule has 0 amide bonds. The summed E-state index contributed by atoms with van der Waals surface area (Å²) in [5.74, 6) is 0.894. The Morgan fingerprint density at radius 1 is 1.00 bits per heavy atom. The van der Waals surface area contributed by atoms with Gasteiger partial charge in [-0.2, -0.15) is 0 Å². The summed E-state index contributed by atoms with van der Waals surface area (Å²) in [4.78, 5) is 12.9. The number of ether oxygens (including phenoxy) is 1. The molecule has 0 N–H and O–H groups in total. The van der Waals surface area contributed by atoms with Crippen molar-refractivity contribution in [2.45, 2.75) is 54.4 Å². The predicted molar refractivity (Wildman–Crippen MR) is 110 cm³/mol. The van der Waals surface area contributed by atoms with E-state index >= 15 is 0 Å². The molecule has 0 spiro atoms. The van der Waals surface area contributed by atoms with Crippen LogP contribution in [0.2, 0.25) is 0 Å². The second-order valence-electron chi connectivity index (χ2n) is 6.77. The van der Waals surface area contributed by atoms with Crippen molar-refractivity contribution in [3.63, 3.8) is 0 Å². The maximum atomic E-state index is 12.9. The van der Waals surface area contributed by atoms with Crippen LogP contribution in [0.15, 0.2) is 24.3 Å².